The molecule has 424 valence electrons. The number of aliphatic hydroxyl groups is 1. The van der Waals surface area contributed by atoms with Gasteiger partial charge in [0.05, 0.1) is 24.8 Å². The predicted octanol–water partition coefficient (Wildman–Crippen LogP) is 9.99. The van der Waals surface area contributed by atoms with E-state index in [0.29, 0.717) is 86.7 Å². The third kappa shape index (κ3) is 14.1. The molecule has 0 aliphatic carbocycles. The zero-order valence-electron chi connectivity index (χ0n) is 47.3. The van der Waals surface area contributed by atoms with Crippen LogP contribution in [0.1, 0.15) is 104 Å². The average molecular weight is 1100 g/mol. The van der Waals surface area contributed by atoms with Gasteiger partial charge in [0.25, 0.3) is 5.91 Å². The van der Waals surface area contributed by atoms with Crippen LogP contribution < -0.4 is 15.6 Å². The van der Waals surface area contributed by atoms with Crippen LogP contribution in [0.3, 0.4) is 0 Å². The lowest BCUT2D eigenvalue weighted by atomic mass is 9.86. The number of amides is 2. The van der Waals surface area contributed by atoms with Crippen molar-refractivity contribution in [3.8, 4) is 11.5 Å². The van der Waals surface area contributed by atoms with Crippen LogP contribution in [0, 0.1) is 17.8 Å². The Kier molecular flexibility index (Phi) is 18.8. The SMILES string of the molecule is CC(C)(C)[Si](C)(C)O[C@@H](CNCCc1ccc(C(=O)N2CCC(C(=O)N3CCC(COc4cccc([C@](O)(C(=O)OCC5CCN(Cc6ccccc6)CC5)c5ccccc5)c4)CC3)CC2)cc1)c1ccc(O)c2[nH]c(=O)ccc12. The van der Waals surface area contributed by atoms with E-state index >= 15 is 0 Å². The first kappa shape index (κ1) is 58.0. The van der Waals surface area contributed by atoms with E-state index in [9.17, 15) is 29.4 Å². The molecule has 3 fully saturated rings. The Labute approximate surface area is 472 Å². The largest absolute Gasteiger partial charge is 0.506 e. The minimum atomic E-state index is -2.22. The number of phenols is 1. The number of carbonyl (C=O) groups is 3. The van der Waals surface area contributed by atoms with Crippen molar-refractivity contribution < 1.29 is 38.5 Å². The Balaban J connectivity index is 0.706. The van der Waals surface area contributed by atoms with E-state index in [0.717, 1.165) is 68.3 Å². The number of phenolic OH excluding ortho intramolecular Hbond substituents is 1. The maximum Gasteiger partial charge on any atom is 0.347 e. The molecule has 3 saturated heterocycles. The van der Waals surface area contributed by atoms with Gasteiger partial charge in [-0.15, -0.1) is 0 Å². The van der Waals surface area contributed by atoms with Crippen molar-refractivity contribution in [2.24, 2.45) is 17.8 Å². The van der Waals surface area contributed by atoms with Crippen LogP contribution in [0.5, 0.6) is 11.5 Å². The minimum absolute atomic E-state index is 0.0193. The third-order valence-electron chi connectivity index (χ3n) is 17.3. The van der Waals surface area contributed by atoms with E-state index in [1.807, 2.05) is 58.3 Å². The lowest BCUT2D eigenvalue weighted by Crippen LogP contribution is -2.47. The summed E-state index contributed by atoms with van der Waals surface area (Å²) in [5, 5.41) is 27.2. The number of fused-ring (bicyclic) bond motifs is 1. The maximum absolute atomic E-state index is 14.0. The molecule has 0 radical (unpaired) electrons. The van der Waals surface area contributed by atoms with Gasteiger partial charge >= 0.3 is 5.97 Å². The highest BCUT2D eigenvalue weighted by molar-refractivity contribution is 6.74. The van der Waals surface area contributed by atoms with Crippen molar-refractivity contribution in [3.63, 3.8) is 0 Å². The van der Waals surface area contributed by atoms with Gasteiger partial charge in [0.2, 0.25) is 17.1 Å². The molecule has 4 heterocycles. The van der Waals surface area contributed by atoms with Crippen LogP contribution in [0.15, 0.2) is 138 Å². The number of hydrogen-bond acceptors (Lipinski definition) is 11. The van der Waals surface area contributed by atoms with Gasteiger partial charge in [-0.2, -0.15) is 0 Å². The standard InChI is InChI=1S/C65H81N5O9Si/c1-64(2,3)80(4,5)79-58(55-23-25-57(71)60-56(55)24-26-59(72)67-60)42-66-34-27-46-19-21-50(22-20-46)61(73)70-39-32-51(33-40-70)62(74)69-37-30-49(31-38-69)44-77-54-18-12-17-53(41-54)65(76,52-15-10-7-11-16-52)63(75)78-45-48-28-35-68(36-29-48)43-47-13-8-6-9-14-47/h6-26,41,48-49,51,58,66,71,76H,27-40,42-45H2,1-5H3,(H,67,72)/t58-,65-/m0/s1. The van der Waals surface area contributed by atoms with E-state index < -0.39 is 19.9 Å². The van der Waals surface area contributed by atoms with Gasteiger partial charge in [-0.3, -0.25) is 19.3 Å². The Hall–Kier alpha value is -6.62. The topological polar surface area (TPSA) is 174 Å². The normalized spacial score (nSPS) is 17.5. The molecule has 3 aliphatic rings. The zero-order valence-corrected chi connectivity index (χ0v) is 48.3. The molecule has 5 aromatic carbocycles. The Bertz CT molecular complexity index is 3090. The van der Waals surface area contributed by atoms with Crippen LogP contribution in [0.4, 0.5) is 0 Å². The van der Waals surface area contributed by atoms with Crippen molar-refractivity contribution in [1.29, 1.82) is 0 Å². The van der Waals surface area contributed by atoms with Crippen LogP contribution in [0.2, 0.25) is 18.1 Å². The van der Waals surface area contributed by atoms with E-state index in [-0.39, 0.29) is 58.6 Å². The Morgan fingerprint density at radius 3 is 2.04 bits per heavy atom. The number of aromatic amines is 1. The Morgan fingerprint density at radius 2 is 1.35 bits per heavy atom. The molecule has 2 atom stereocenters. The number of ether oxygens (including phenoxy) is 2. The second kappa shape index (κ2) is 25.9. The summed E-state index contributed by atoms with van der Waals surface area (Å²) < 4.78 is 19.3. The van der Waals surface area contributed by atoms with Gasteiger partial charge < -0.3 is 44.2 Å². The molecule has 0 bridgehead atoms. The molecule has 4 N–H and O–H groups in total. The monoisotopic (exact) mass is 1100 g/mol. The average Bonchev–Trinajstić information content (AvgIpc) is 3.51. The summed E-state index contributed by atoms with van der Waals surface area (Å²) in [7, 11) is -2.22. The van der Waals surface area contributed by atoms with Crippen LogP contribution in [-0.2, 0) is 37.3 Å². The third-order valence-corrected chi connectivity index (χ3v) is 21.8. The van der Waals surface area contributed by atoms with Gasteiger partial charge in [0.15, 0.2) is 8.32 Å². The summed E-state index contributed by atoms with van der Waals surface area (Å²) in [5.74, 6) is 0.326. The molecule has 9 rings (SSSR count). The molecule has 0 saturated carbocycles. The highest BCUT2D eigenvalue weighted by atomic mass is 28.4. The molecule has 6 aromatic rings. The summed E-state index contributed by atoms with van der Waals surface area (Å²) >= 11 is 0. The van der Waals surface area contributed by atoms with Crippen LogP contribution in [-0.4, -0.2) is 122 Å². The van der Waals surface area contributed by atoms with E-state index in [4.69, 9.17) is 13.9 Å². The van der Waals surface area contributed by atoms with Crippen LogP contribution >= 0.6 is 0 Å². The van der Waals surface area contributed by atoms with Crippen molar-refractivity contribution in [3.05, 3.63) is 177 Å². The number of nitrogens with one attached hydrogen (secondary N) is 2. The number of aromatic hydroxyl groups is 1. The predicted molar refractivity (Wildman–Crippen MR) is 315 cm³/mol. The molecule has 3 aliphatic heterocycles. The fourth-order valence-corrected chi connectivity index (χ4v) is 12.5. The molecule has 0 spiro atoms. The Morgan fingerprint density at radius 1 is 0.713 bits per heavy atom. The highest BCUT2D eigenvalue weighted by Gasteiger charge is 2.43. The number of pyridine rings is 1. The quantitative estimate of drug-likeness (QED) is 0.0326. The van der Waals surface area contributed by atoms with E-state index in [2.05, 4.69) is 73.3 Å². The summed E-state index contributed by atoms with van der Waals surface area (Å²) in [6, 6.07) is 41.1. The fourth-order valence-electron chi connectivity index (χ4n) is 11.2. The highest BCUT2D eigenvalue weighted by Crippen LogP contribution is 2.41. The maximum atomic E-state index is 14.0. The molecule has 0 unspecified atom stereocenters. The van der Waals surface area contributed by atoms with Gasteiger partial charge in [0.1, 0.15) is 11.5 Å². The van der Waals surface area contributed by atoms with Crippen molar-refractivity contribution in [2.75, 3.05) is 65.6 Å². The van der Waals surface area contributed by atoms with Crippen molar-refractivity contribution >= 4 is 37.0 Å². The number of rotatable bonds is 20. The first-order chi connectivity index (χ1) is 38.4. The van der Waals surface area contributed by atoms with Gasteiger partial charge in [-0.05, 0) is 153 Å². The van der Waals surface area contributed by atoms with Gasteiger partial charge in [-0.25, -0.2) is 4.79 Å². The summed E-state index contributed by atoms with van der Waals surface area (Å²) in [6.07, 6.45) is 5.11. The van der Waals surface area contributed by atoms with Gasteiger partial charge in [-0.1, -0.05) is 112 Å². The number of hydrogen-bond donors (Lipinski definition) is 4. The number of piperidine rings is 3. The lowest BCUT2D eigenvalue weighted by Gasteiger charge is -2.39. The summed E-state index contributed by atoms with van der Waals surface area (Å²) in [6.45, 7) is 18.0. The number of carbonyl (C=O) groups excluding carboxylic acids is 3. The number of aromatic nitrogens is 1. The first-order valence-electron chi connectivity index (χ1n) is 28.8. The number of benzene rings is 5. The summed E-state index contributed by atoms with van der Waals surface area (Å²) in [5.41, 5.74) is 2.83. The second-order valence-electron chi connectivity index (χ2n) is 23.9. The van der Waals surface area contributed by atoms with E-state index in [1.54, 1.807) is 54.6 Å². The number of H-pyrrole nitrogens is 1. The zero-order chi connectivity index (χ0) is 56.4. The molecule has 80 heavy (non-hydrogen) atoms. The number of nitrogens with zero attached hydrogens (tertiary/aromatic N) is 3. The minimum Gasteiger partial charge on any atom is -0.506 e. The van der Waals surface area contributed by atoms with Crippen molar-refractivity contribution in [2.45, 2.75) is 102 Å². The van der Waals surface area contributed by atoms with Crippen LogP contribution in [0.25, 0.3) is 10.9 Å². The molecule has 14 nitrogen and oxygen atoms in total. The first-order valence-corrected chi connectivity index (χ1v) is 31.7. The molecule has 1 aromatic heterocycles. The lowest BCUT2D eigenvalue weighted by molar-refractivity contribution is -0.164. The summed E-state index contributed by atoms with van der Waals surface area (Å²) in [4.78, 5) is 62.7. The fraction of sp³-hybridized carbons (Fsp3) is 0.446. The number of likely N-dealkylation sites (tertiary alicyclic amines) is 3. The molecule has 15 heteroatoms. The number of esters is 1. The smallest absolute Gasteiger partial charge is 0.347 e. The molecular formula is C65H81N5O9Si. The molecule has 2 amide bonds. The van der Waals surface area contributed by atoms with Crippen molar-refractivity contribution in [1.82, 2.24) is 25.0 Å². The van der Waals surface area contributed by atoms with E-state index in [1.165, 1.54) is 11.6 Å². The van der Waals surface area contributed by atoms with Gasteiger partial charge in [0, 0.05) is 67.8 Å². The second-order valence-corrected chi connectivity index (χ2v) is 28.6. The molecular weight excluding hydrogens is 1020 g/mol.